The van der Waals surface area contributed by atoms with Gasteiger partial charge in [-0.2, -0.15) is 0 Å². The first kappa shape index (κ1) is 11.6. The van der Waals surface area contributed by atoms with Crippen molar-refractivity contribution in [3.63, 3.8) is 0 Å². The van der Waals surface area contributed by atoms with Gasteiger partial charge in [0.25, 0.3) is 0 Å². The first-order valence-corrected chi connectivity index (χ1v) is 5.93. The minimum absolute atomic E-state index is 0.173. The Bertz CT molecular complexity index is 332. The van der Waals surface area contributed by atoms with Gasteiger partial charge in [-0.05, 0) is 37.5 Å². The van der Waals surface area contributed by atoms with Crippen molar-refractivity contribution in [3.05, 3.63) is 35.6 Å². The van der Waals surface area contributed by atoms with E-state index in [9.17, 15) is 4.39 Å². The zero-order valence-corrected chi connectivity index (χ0v) is 9.70. The molecule has 1 fully saturated rings. The van der Waals surface area contributed by atoms with Gasteiger partial charge >= 0.3 is 0 Å². The van der Waals surface area contributed by atoms with Crippen LogP contribution in [-0.4, -0.2) is 24.0 Å². The maximum absolute atomic E-state index is 12.8. The number of nitrogens with zero attached hydrogens (tertiary/aromatic N) is 1. The van der Waals surface area contributed by atoms with E-state index in [1.54, 1.807) is 0 Å². The Hall–Kier alpha value is -0.930. The topological polar surface area (TPSA) is 29.3 Å². The monoisotopic (exact) mass is 222 g/mol. The highest BCUT2D eigenvalue weighted by Gasteiger charge is 2.31. The van der Waals surface area contributed by atoms with Gasteiger partial charge in [-0.25, -0.2) is 4.39 Å². The van der Waals surface area contributed by atoms with Crippen molar-refractivity contribution in [1.82, 2.24) is 4.90 Å². The molecule has 0 amide bonds. The first-order chi connectivity index (χ1) is 7.72. The summed E-state index contributed by atoms with van der Waals surface area (Å²) in [4.78, 5) is 2.42. The number of benzene rings is 1. The molecule has 0 aromatic heterocycles. The molecule has 2 rings (SSSR count). The largest absolute Gasteiger partial charge is 0.329 e. The minimum Gasteiger partial charge on any atom is -0.329 e. The smallest absolute Gasteiger partial charge is 0.123 e. The molecule has 1 aliphatic carbocycles. The quantitative estimate of drug-likeness (QED) is 0.828. The Kier molecular flexibility index (Phi) is 3.56. The fourth-order valence-electron chi connectivity index (χ4n) is 2.18. The molecule has 16 heavy (non-hydrogen) atoms. The molecule has 0 spiro atoms. The van der Waals surface area contributed by atoms with Gasteiger partial charge in [0.1, 0.15) is 5.82 Å². The number of nitrogens with two attached hydrogens (primary N) is 1. The third-order valence-corrected chi connectivity index (χ3v) is 3.25. The summed E-state index contributed by atoms with van der Waals surface area (Å²) < 4.78 is 12.8. The molecule has 3 heteroatoms. The van der Waals surface area contributed by atoms with Crippen LogP contribution in [0, 0.1) is 5.82 Å². The summed E-state index contributed by atoms with van der Waals surface area (Å²) in [6, 6.07) is 7.80. The van der Waals surface area contributed by atoms with E-state index in [-0.39, 0.29) is 5.82 Å². The van der Waals surface area contributed by atoms with Crippen LogP contribution in [0.2, 0.25) is 0 Å². The molecule has 0 heterocycles. The highest BCUT2D eigenvalue weighted by Crippen LogP contribution is 2.33. The van der Waals surface area contributed by atoms with Crippen molar-refractivity contribution in [3.8, 4) is 0 Å². The van der Waals surface area contributed by atoms with Crippen LogP contribution in [0.15, 0.2) is 24.3 Å². The molecule has 88 valence electrons. The lowest BCUT2D eigenvalue weighted by Gasteiger charge is -2.29. The van der Waals surface area contributed by atoms with Crippen molar-refractivity contribution in [2.24, 2.45) is 5.73 Å². The van der Waals surface area contributed by atoms with Gasteiger partial charge in [-0.3, -0.25) is 4.90 Å². The molecular weight excluding hydrogens is 203 g/mol. The summed E-state index contributed by atoms with van der Waals surface area (Å²) in [7, 11) is 0. The fourth-order valence-corrected chi connectivity index (χ4v) is 2.18. The molecule has 0 aliphatic heterocycles. The Balaban J connectivity index is 2.08. The number of halogens is 1. The van der Waals surface area contributed by atoms with Gasteiger partial charge in [0.2, 0.25) is 0 Å². The predicted octanol–water partition coefficient (Wildman–Crippen LogP) is 2.31. The number of hydrogen-bond donors (Lipinski definition) is 1. The fraction of sp³-hybridized carbons (Fsp3) is 0.538. The first-order valence-electron chi connectivity index (χ1n) is 5.93. The van der Waals surface area contributed by atoms with Crippen molar-refractivity contribution < 1.29 is 4.39 Å². The lowest BCUT2D eigenvalue weighted by Crippen LogP contribution is -2.33. The van der Waals surface area contributed by atoms with E-state index in [2.05, 4.69) is 11.8 Å². The molecule has 1 saturated carbocycles. The second-order valence-corrected chi connectivity index (χ2v) is 4.49. The molecule has 1 aliphatic rings. The summed E-state index contributed by atoms with van der Waals surface area (Å²) in [5.41, 5.74) is 6.80. The predicted molar refractivity (Wildman–Crippen MR) is 63.6 cm³/mol. The van der Waals surface area contributed by atoms with Crippen LogP contribution in [0.5, 0.6) is 0 Å². The molecule has 1 atom stereocenters. The number of rotatable bonds is 5. The molecule has 0 unspecified atom stereocenters. The highest BCUT2D eigenvalue weighted by atomic mass is 19.1. The van der Waals surface area contributed by atoms with Gasteiger partial charge in [-0.15, -0.1) is 0 Å². The van der Waals surface area contributed by atoms with Crippen LogP contribution >= 0.6 is 0 Å². The standard InChI is InChI=1S/C13H19FN2/c1-10(11-2-4-12(14)5-3-11)16(9-8-15)13-6-7-13/h2-5,10,13H,6-9,15H2,1H3/t10-/m0/s1. The summed E-state index contributed by atoms with van der Waals surface area (Å²) in [6.45, 7) is 3.77. The molecule has 0 radical (unpaired) electrons. The summed E-state index contributed by atoms with van der Waals surface area (Å²) in [5, 5.41) is 0. The van der Waals surface area contributed by atoms with E-state index in [0.29, 0.717) is 18.6 Å². The Morgan fingerprint density at radius 3 is 2.50 bits per heavy atom. The lowest BCUT2D eigenvalue weighted by molar-refractivity contribution is 0.206. The summed E-state index contributed by atoms with van der Waals surface area (Å²) in [6.07, 6.45) is 2.54. The van der Waals surface area contributed by atoms with E-state index in [0.717, 1.165) is 6.54 Å². The Labute approximate surface area is 96.2 Å². The minimum atomic E-state index is -0.173. The van der Waals surface area contributed by atoms with Crippen LogP contribution in [0.3, 0.4) is 0 Å². The summed E-state index contributed by atoms with van der Waals surface area (Å²) >= 11 is 0. The van der Waals surface area contributed by atoms with Gasteiger partial charge < -0.3 is 5.73 Å². The Morgan fingerprint density at radius 2 is 2.00 bits per heavy atom. The van der Waals surface area contributed by atoms with E-state index in [4.69, 9.17) is 5.73 Å². The molecule has 2 N–H and O–H groups in total. The molecule has 0 saturated heterocycles. The number of hydrogen-bond acceptors (Lipinski definition) is 2. The maximum Gasteiger partial charge on any atom is 0.123 e. The average Bonchev–Trinajstić information content (AvgIpc) is 3.10. The van der Waals surface area contributed by atoms with Gasteiger partial charge in [-0.1, -0.05) is 12.1 Å². The van der Waals surface area contributed by atoms with Crippen molar-refractivity contribution >= 4 is 0 Å². The lowest BCUT2D eigenvalue weighted by atomic mass is 10.1. The third-order valence-electron chi connectivity index (χ3n) is 3.25. The van der Waals surface area contributed by atoms with Crippen LogP contribution in [0.1, 0.15) is 31.4 Å². The van der Waals surface area contributed by atoms with E-state index < -0.39 is 0 Å². The van der Waals surface area contributed by atoms with Gasteiger partial charge in [0.05, 0.1) is 0 Å². The third kappa shape index (κ3) is 2.60. The van der Waals surface area contributed by atoms with Crippen molar-refractivity contribution in [2.45, 2.75) is 31.8 Å². The van der Waals surface area contributed by atoms with Gasteiger partial charge in [0.15, 0.2) is 0 Å². The van der Waals surface area contributed by atoms with E-state index in [1.807, 2.05) is 12.1 Å². The van der Waals surface area contributed by atoms with Gasteiger partial charge in [0, 0.05) is 25.2 Å². The van der Waals surface area contributed by atoms with Crippen LogP contribution in [0.25, 0.3) is 0 Å². The SMILES string of the molecule is C[C@@H](c1ccc(F)cc1)N(CCN)C1CC1. The Morgan fingerprint density at radius 1 is 1.38 bits per heavy atom. The zero-order chi connectivity index (χ0) is 11.5. The van der Waals surface area contributed by atoms with Crippen molar-refractivity contribution in [1.29, 1.82) is 0 Å². The van der Waals surface area contributed by atoms with Crippen molar-refractivity contribution in [2.75, 3.05) is 13.1 Å². The second-order valence-electron chi connectivity index (χ2n) is 4.49. The maximum atomic E-state index is 12.8. The second kappa shape index (κ2) is 4.93. The molecule has 0 bridgehead atoms. The molecule has 1 aromatic carbocycles. The zero-order valence-electron chi connectivity index (χ0n) is 9.70. The van der Waals surface area contributed by atoms with Crippen LogP contribution in [-0.2, 0) is 0 Å². The average molecular weight is 222 g/mol. The molecular formula is C13H19FN2. The summed E-state index contributed by atoms with van der Waals surface area (Å²) in [5.74, 6) is -0.173. The van der Waals surface area contributed by atoms with Crippen LogP contribution in [0.4, 0.5) is 4.39 Å². The van der Waals surface area contributed by atoms with E-state index >= 15 is 0 Å². The highest BCUT2D eigenvalue weighted by molar-refractivity contribution is 5.20. The van der Waals surface area contributed by atoms with Crippen LogP contribution < -0.4 is 5.73 Å². The van der Waals surface area contributed by atoms with E-state index in [1.165, 1.54) is 30.5 Å². The molecule has 2 nitrogen and oxygen atoms in total. The normalized spacial score (nSPS) is 17.8. The molecule has 1 aromatic rings.